The Morgan fingerprint density at radius 3 is 2.45 bits per heavy atom. The van der Waals surface area contributed by atoms with Gasteiger partial charge in [0.05, 0.1) is 5.56 Å². The van der Waals surface area contributed by atoms with Gasteiger partial charge in [-0.3, -0.25) is 0 Å². The molecule has 112 valence electrons. The fourth-order valence-electron chi connectivity index (χ4n) is 2.73. The van der Waals surface area contributed by atoms with E-state index in [1.807, 2.05) is 0 Å². The molecule has 0 saturated heterocycles. The number of alkyl halides is 4. The van der Waals surface area contributed by atoms with E-state index in [4.69, 9.17) is 11.6 Å². The smallest absolute Gasteiger partial charge is 0.306 e. The second-order valence-corrected chi connectivity index (χ2v) is 5.79. The molecule has 1 aromatic rings. The molecular weight excluding hydrogens is 287 g/mol. The summed E-state index contributed by atoms with van der Waals surface area (Å²) >= 11 is 6.06. The van der Waals surface area contributed by atoms with E-state index < -0.39 is 11.7 Å². The van der Waals surface area contributed by atoms with E-state index in [2.05, 4.69) is 5.32 Å². The van der Waals surface area contributed by atoms with Crippen LogP contribution in [-0.2, 0) is 12.7 Å². The lowest BCUT2D eigenvalue weighted by Gasteiger charge is -2.36. The van der Waals surface area contributed by atoms with Crippen LogP contribution in [0.25, 0.3) is 0 Å². The standard InChI is InChI=1S/C15H19ClF3N/c16-11-14(7-2-1-3-8-14)20-10-12-5-4-6-13(9-12)15(17,18)19/h4-6,9,20H,1-3,7-8,10-11H2. The maximum absolute atomic E-state index is 12.7. The Bertz CT molecular complexity index is 439. The fourth-order valence-corrected chi connectivity index (χ4v) is 3.10. The van der Waals surface area contributed by atoms with Gasteiger partial charge in [0.25, 0.3) is 0 Å². The van der Waals surface area contributed by atoms with Gasteiger partial charge >= 0.3 is 6.18 Å². The first-order valence-electron chi connectivity index (χ1n) is 6.92. The number of benzene rings is 1. The highest BCUT2D eigenvalue weighted by Gasteiger charge is 2.32. The molecule has 0 amide bonds. The van der Waals surface area contributed by atoms with E-state index in [1.54, 1.807) is 6.07 Å². The van der Waals surface area contributed by atoms with Crippen molar-refractivity contribution in [1.82, 2.24) is 5.32 Å². The molecule has 0 unspecified atom stereocenters. The van der Waals surface area contributed by atoms with Gasteiger partial charge in [-0.15, -0.1) is 11.6 Å². The number of rotatable bonds is 4. The van der Waals surface area contributed by atoms with E-state index in [-0.39, 0.29) is 5.54 Å². The Morgan fingerprint density at radius 2 is 1.85 bits per heavy atom. The molecule has 0 radical (unpaired) electrons. The molecule has 1 N–H and O–H groups in total. The molecule has 0 aromatic heterocycles. The first-order valence-corrected chi connectivity index (χ1v) is 7.46. The van der Waals surface area contributed by atoms with Gasteiger partial charge in [-0.05, 0) is 24.5 Å². The summed E-state index contributed by atoms with van der Waals surface area (Å²) in [6.07, 6.45) is 1.17. The van der Waals surface area contributed by atoms with Crippen molar-refractivity contribution in [3.05, 3.63) is 35.4 Å². The van der Waals surface area contributed by atoms with Gasteiger partial charge in [0, 0.05) is 18.0 Å². The average molecular weight is 306 g/mol. The minimum absolute atomic E-state index is 0.117. The molecule has 20 heavy (non-hydrogen) atoms. The van der Waals surface area contributed by atoms with Crippen LogP contribution in [0.15, 0.2) is 24.3 Å². The van der Waals surface area contributed by atoms with Crippen molar-refractivity contribution < 1.29 is 13.2 Å². The molecule has 0 aliphatic heterocycles. The number of nitrogens with one attached hydrogen (secondary N) is 1. The van der Waals surface area contributed by atoms with Crippen LogP contribution in [-0.4, -0.2) is 11.4 Å². The summed E-state index contributed by atoms with van der Waals surface area (Å²) in [6.45, 7) is 0.427. The number of hydrogen-bond acceptors (Lipinski definition) is 1. The Balaban J connectivity index is 2.03. The van der Waals surface area contributed by atoms with E-state index >= 15 is 0 Å². The highest BCUT2D eigenvalue weighted by molar-refractivity contribution is 6.18. The average Bonchev–Trinajstić information content (AvgIpc) is 2.46. The van der Waals surface area contributed by atoms with E-state index in [9.17, 15) is 13.2 Å². The highest BCUT2D eigenvalue weighted by Crippen LogP contribution is 2.31. The molecule has 5 heteroatoms. The molecule has 0 heterocycles. The van der Waals surface area contributed by atoms with Crippen LogP contribution in [0.4, 0.5) is 13.2 Å². The van der Waals surface area contributed by atoms with Crippen LogP contribution >= 0.6 is 11.6 Å². The summed E-state index contributed by atoms with van der Waals surface area (Å²) < 4.78 is 38.0. The lowest BCUT2D eigenvalue weighted by atomic mass is 9.83. The molecule has 1 saturated carbocycles. The van der Waals surface area contributed by atoms with E-state index in [1.165, 1.54) is 18.6 Å². The van der Waals surface area contributed by atoms with Gasteiger partial charge in [-0.1, -0.05) is 37.5 Å². The minimum Gasteiger partial charge on any atom is -0.306 e. The van der Waals surface area contributed by atoms with Crippen molar-refractivity contribution in [2.75, 3.05) is 5.88 Å². The van der Waals surface area contributed by atoms with Crippen molar-refractivity contribution in [2.45, 2.75) is 50.4 Å². The van der Waals surface area contributed by atoms with Crippen molar-refractivity contribution >= 4 is 11.6 Å². The molecule has 0 bridgehead atoms. The molecule has 1 aliphatic rings. The van der Waals surface area contributed by atoms with Crippen LogP contribution in [0.5, 0.6) is 0 Å². The molecule has 0 spiro atoms. The van der Waals surface area contributed by atoms with E-state index in [0.717, 1.165) is 31.7 Å². The zero-order chi connectivity index (χ0) is 14.6. The quantitative estimate of drug-likeness (QED) is 0.793. The summed E-state index contributed by atoms with van der Waals surface area (Å²) in [4.78, 5) is 0. The normalized spacial score (nSPS) is 19.0. The molecule has 1 aliphatic carbocycles. The van der Waals surface area contributed by atoms with Gasteiger partial charge in [-0.2, -0.15) is 13.2 Å². The summed E-state index contributed by atoms with van der Waals surface area (Å²) in [5.74, 6) is 0.506. The Morgan fingerprint density at radius 1 is 1.15 bits per heavy atom. The van der Waals surface area contributed by atoms with Crippen LogP contribution < -0.4 is 5.32 Å². The van der Waals surface area contributed by atoms with Gasteiger partial charge in [0.15, 0.2) is 0 Å². The molecule has 1 fully saturated rings. The lowest BCUT2D eigenvalue weighted by Crippen LogP contribution is -2.48. The van der Waals surface area contributed by atoms with E-state index in [0.29, 0.717) is 18.0 Å². The van der Waals surface area contributed by atoms with Crippen molar-refractivity contribution in [3.8, 4) is 0 Å². The third-order valence-electron chi connectivity index (χ3n) is 3.99. The van der Waals surface area contributed by atoms with Crippen LogP contribution in [0, 0.1) is 0 Å². The van der Waals surface area contributed by atoms with Gasteiger partial charge in [-0.25, -0.2) is 0 Å². The zero-order valence-electron chi connectivity index (χ0n) is 11.3. The summed E-state index contributed by atoms with van der Waals surface area (Å²) in [6, 6.07) is 5.47. The Kier molecular flexibility index (Phi) is 4.97. The predicted molar refractivity (Wildman–Crippen MR) is 74.8 cm³/mol. The second-order valence-electron chi connectivity index (χ2n) is 5.53. The Labute approximate surface area is 122 Å². The van der Waals surface area contributed by atoms with Crippen molar-refractivity contribution in [2.24, 2.45) is 0 Å². The van der Waals surface area contributed by atoms with Gasteiger partial charge in [0.1, 0.15) is 0 Å². The van der Waals surface area contributed by atoms with Crippen molar-refractivity contribution in [3.63, 3.8) is 0 Å². The molecule has 1 nitrogen and oxygen atoms in total. The van der Waals surface area contributed by atoms with Crippen LogP contribution in [0.2, 0.25) is 0 Å². The maximum atomic E-state index is 12.7. The summed E-state index contributed by atoms with van der Waals surface area (Å²) in [7, 11) is 0. The van der Waals surface area contributed by atoms with Crippen molar-refractivity contribution in [1.29, 1.82) is 0 Å². The molecule has 0 atom stereocenters. The first kappa shape index (κ1) is 15.6. The van der Waals surface area contributed by atoms with Crippen LogP contribution in [0.1, 0.15) is 43.2 Å². The first-order chi connectivity index (χ1) is 9.45. The molecular formula is C15H19ClF3N. The highest BCUT2D eigenvalue weighted by atomic mass is 35.5. The van der Waals surface area contributed by atoms with Crippen LogP contribution in [0.3, 0.4) is 0 Å². The predicted octanol–water partition coefficient (Wildman–Crippen LogP) is 4.74. The largest absolute Gasteiger partial charge is 0.416 e. The summed E-state index contributed by atoms with van der Waals surface area (Å²) in [5, 5.41) is 3.38. The number of halogens is 4. The van der Waals surface area contributed by atoms with Gasteiger partial charge < -0.3 is 5.32 Å². The Hall–Kier alpha value is -0.740. The minimum atomic E-state index is -4.29. The third-order valence-corrected chi connectivity index (χ3v) is 4.50. The monoisotopic (exact) mass is 305 g/mol. The SMILES string of the molecule is FC(F)(F)c1cccc(CNC2(CCl)CCCCC2)c1. The number of hydrogen-bond donors (Lipinski definition) is 1. The fraction of sp³-hybridized carbons (Fsp3) is 0.600. The lowest BCUT2D eigenvalue weighted by molar-refractivity contribution is -0.137. The molecule has 1 aromatic carbocycles. The summed E-state index contributed by atoms with van der Waals surface area (Å²) in [5.41, 5.74) is -0.0659. The van der Waals surface area contributed by atoms with Gasteiger partial charge in [0.2, 0.25) is 0 Å². The topological polar surface area (TPSA) is 12.0 Å². The zero-order valence-corrected chi connectivity index (χ0v) is 12.0. The molecule has 2 rings (SSSR count). The maximum Gasteiger partial charge on any atom is 0.416 e. The second kappa shape index (κ2) is 6.35. The third kappa shape index (κ3) is 3.89.